The highest BCUT2D eigenvalue weighted by atomic mass is 32.2. The molecular formula is C17H15F2N5O3S2. The van der Waals surface area contributed by atoms with Gasteiger partial charge in [-0.1, -0.05) is 12.1 Å². The van der Waals surface area contributed by atoms with E-state index in [1.165, 1.54) is 26.1 Å². The van der Waals surface area contributed by atoms with Crippen LogP contribution in [0.5, 0.6) is 0 Å². The first-order chi connectivity index (χ1) is 13.6. The number of hydrogen-bond donors (Lipinski definition) is 1. The van der Waals surface area contributed by atoms with Crippen molar-refractivity contribution in [1.82, 2.24) is 14.5 Å². The molecule has 152 valence electrons. The number of rotatable bonds is 3. The zero-order valence-corrected chi connectivity index (χ0v) is 16.9. The van der Waals surface area contributed by atoms with E-state index in [1.54, 1.807) is 6.07 Å². The number of aromatic nitrogens is 2. The molecule has 0 radical (unpaired) electrons. The zero-order valence-electron chi connectivity index (χ0n) is 15.3. The van der Waals surface area contributed by atoms with Crippen molar-refractivity contribution in [3.63, 3.8) is 0 Å². The molecule has 29 heavy (non-hydrogen) atoms. The summed E-state index contributed by atoms with van der Waals surface area (Å²) in [6.45, 7) is 1.48. The quantitative estimate of drug-likeness (QED) is 0.671. The first-order valence-corrected chi connectivity index (χ1v) is 10.7. The zero-order chi connectivity index (χ0) is 21.0. The maximum atomic E-state index is 15.0. The third-order valence-corrected chi connectivity index (χ3v) is 7.94. The van der Waals surface area contributed by atoms with Crippen molar-refractivity contribution in [2.24, 2.45) is 10.7 Å². The molecule has 0 saturated carbocycles. The van der Waals surface area contributed by atoms with Crippen molar-refractivity contribution in [2.45, 2.75) is 12.5 Å². The summed E-state index contributed by atoms with van der Waals surface area (Å²) >= 11 is 0.915. The van der Waals surface area contributed by atoms with Crippen molar-refractivity contribution >= 4 is 27.3 Å². The van der Waals surface area contributed by atoms with Gasteiger partial charge in [-0.05, 0) is 19.1 Å². The molecule has 0 saturated heterocycles. The first kappa shape index (κ1) is 19.5. The number of benzene rings is 1. The van der Waals surface area contributed by atoms with Crippen LogP contribution in [0.15, 0.2) is 40.1 Å². The van der Waals surface area contributed by atoms with Gasteiger partial charge in [-0.15, -0.1) is 21.5 Å². The SMILES string of the molecule is CN1C(N)=NC(C)(c2sc(-c3cccc(-c4nnco4)c3F)cc2F)CS1(=O)=O. The summed E-state index contributed by atoms with van der Waals surface area (Å²) in [7, 11) is -2.49. The van der Waals surface area contributed by atoms with E-state index in [-0.39, 0.29) is 32.7 Å². The summed E-state index contributed by atoms with van der Waals surface area (Å²) < 4.78 is 60.5. The number of nitrogens with zero attached hydrogens (tertiary/aromatic N) is 4. The van der Waals surface area contributed by atoms with Crippen LogP contribution in [-0.4, -0.2) is 41.7 Å². The van der Waals surface area contributed by atoms with Gasteiger partial charge in [-0.25, -0.2) is 26.5 Å². The largest absolute Gasteiger partial charge is 0.423 e. The van der Waals surface area contributed by atoms with Gasteiger partial charge in [0.2, 0.25) is 28.3 Å². The summed E-state index contributed by atoms with van der Waals surface area (Å²) in [6.07, 6.45) is 1.08. The molecule has 3 heterocycles. The van der Waals surface area contributed by atoms with E-state index in [0.29, 0.717) is 0 Å². The molecule has 4 rings (SSSR count). The number of halogens is 2. The van der Waals surface area contributed by atoms with E-state index in [9.17, 15) is 12.8 Å². The van der Waals surface area contributed by atoms with Gasteiger partial charge in [0.1, 0.15) is 17.2 Å². The lowest BCUT2D eigenvalue weighted by molar-refractivity contribution is 0.466. The van der Waals surface area contributed by atoms with Crippen LogP contribution in [-0.2, 0) is 15.6 Å². The maximum absolute atomic E-state index is 15.0. The monoisotopic (exact) mass is 439 g/mol. The van der Waals surface area contributed by atoms with Gasteiger partial charge in [0.15, 0.2) is 0 Å². The lowest BCUT2D eigenvalue weighted by Gasteiger charge is -2.33. The minimum atomic E-state index is -3.77. The van der Waals surface area contributed by atoms with Crippen molar-refractivity contribution in [1.29, 1.82) is 0 Å². The second-order valence-electron chi connectivity index (χ2n) is 6.67. The van der Waals surface area contributed by atoms with Crippen LogP contribution < -0.4 is 5.73 Å². The van der Waals surface area contributed by atoms with Gasteiger partial charge in [0.25, 0.3) is 0 Å². The maximum Gasteiger partial charge on any atom is 0.250 e. The molecule has 12 heteroatoms. The molecule has 0 aliphatic carbocycles. The average molecular weight is 439 g/mol. The molecule has 0 fully saturated rings. The Kier molecular flexibility index (Phi) is 4.42. The molecule has 1 atom stereocenters. The third kappa shape index (κ3) is 3.17. The van der Waals surface area contributed by atoms with E-state index >= 15 is 4.39 Å². The van der Waals surface area contributed by atoms with Crippen LogP contribution in [0.2, 0.25) is 0 Å². The van der Waals surface area contributed by atoms with Gasteiger partial charge in [-0.2, -0.15) is 0 Å². The smallest absolute Gasteiger partial charge is 0.250 e. The minimum absolute atomic E-state index is 0.00709. The molecular weight excluding hydrogens is 424 g/mol. The summed E-state index contributed by atoms with van der Waals surface area (Å²) in [5.74, 6) is -2.05. The van der Waals surface area contributed by atoms with Gasteiger partial charge in [0, 0.05) is 17.5 Å². The van der Waals surface area contributed by atoms with Gasteiger partial charge in [-0.3, -0.25) is 0 Å². The van der Waals surface area contributed by atoms with Crippen LogP contribution in [0.25, 0.3) is 21.9 Å². The topological polar surface area (TPSA) is 115 Å². The van der Waals surface area contributed by atoms with E-state index in [1.807, 2.05) is 0 Å². The highest BCUT2D eigenvalue weighted by Gasteiger charge is 2.43. The number of thiophene rings is 1. The molecule has 1 aliphatic rings. The Hall–Kier alpha value is -2.86. The molecule has 2 aromatic heterocycles. The lowest BCUT2D eigenvalue weighted by atomic mass is 10.0. The standard InChI is InChI=1S/C17H15F2N5O3S2/c1-17(7-29(25,26)24(2)16(20)22-17)14-11(18)6-12(28-14)9-4-3-5-10(13(9)19)15-23-21-8-27-15/h3-6,8H,7H2,1-2H3,(H2,20,22). The number of guanidine groups is 1. The summed E-state index contributed by atoms with van der Waals surface area (Å²) in [5, 5.41) is 7.22. The molecule has 0 amide bonds. The lowest BCUT2D eigenvalue weighted by Crippen LogP contribution is -2.50. The number of nitrogens with two attached hydrogens (primary N) is 1. The molecule has 8 nitrogen and oxygen atoms in total. The Labute approximate surface area is 168 Å². The van der Waals surface area contributed by atoms with Crippen LogP contribution in [0.1, 0.15) is 11.8 Å². The molecule has 3 aromatic rings. The predicted molar refractivity (Wildman–Crippen MR) is 103 cm³/mol. The summed E-state index contributed by atoms with van der Waals surface area (Å²) in [5.41, 5.74) is 4.49. The first-order valence-electron chi connectivity index (χ1n) is 8.29. The second kappa shape index (κ2) is 6.59. The fourth-order valence-corrected chi connectivity index (χ4v) is 5.79. The fourth-order valence-electron chi connectivity index (χ4n) is 3.11. The van der Waals surface area contributed by atoms with Crippen molar-refractivity contribution < 1.29 is 21.6 Å². The molecule has 1 unspecified atom stereocenters. The number of aliphatic imine (C=N–C) groups is 1. The Morgan fingerprint density at radius 3 is 2.69 bits per heavy atom. The Morgan fingerprint density at radius 1 is 1.31 bits per heavy atom. The molecule has 0 bridgehead atoms. The highest BCUT2D eigenvalue weighted by molar-refractivity contribution is 7.89. The summed E-state index contributed by atoms with van der Waals surface area (Å²) in [6, 6.07) is 5.67. The average Bonchev–Trinajstić information content (AvgIpc) is 3.29. The van der Waals surface area contributed by atoms with E-state index in [0.717, 1.165) is 28.1 Å². The Bertz CT molecular complexity index is 1220. The van der Waals surface area contributed by atoms with Crippen molar-refractivity contribution in [3.05, 3.63) is 47.2 Å². The van der Waals surface area contributed by atoms with Gasteiger partial charge in [0.05, 0.1) is 16.2 Å². The van der Waals surface area contributed by atoms with E-state index < -0.39 is 32.9 Å². The summed E-state index contributed by atoms with van der Waals surface area (Å²) in [4.78, 5) is 4.51. The minimum Gasteiger partial charge on any atom is -0.423 e. The van der Waals surface area contributed by atoms with Crippen LogP contribution in [0, 0.1) is 11.6 Å². The van der Waals surface area contributed by atoms with E-state index in [2.05, 4.69) is 15.2 Å². The van der Waals surface area contributed by atoms with Crippen LogP contribution in [0.4, 0.5) is 8.78 Å². The van der Waals surface area contributed by atoms with E-state index in [4.69, 9.17) is 10.2 Å². The van der Waals surface area contributed by atoms with Gasteiger partial charge >= 0.3 is 0 Å². The normalized spacial score (nSPS) is 21.2. The molecule has 0 spiro atoms. The van der Waals surface area contributed by atoms with Crippen LogP contribution >= 0.6 is 11.3 Å². The molecule has 2 N–H and O–H groups in total. The van der Waals surface area contributed by atoms with Crippen molar-refractivity contribution in [2.75, 3.05) is 12.8 Å². The second-order valence-corrected chi connectivity index (χ2v) is 9.72. The molecule has 1 aliphatic heterocycles. The number of hydrogen-bond acceptors (Lipinski definition) is 8. The Balaban J connectivity index is 1.82. The fraction of sp³-hybridized carbons (Fsp3) is 0.235. The Morgan fingerprint density at radius 2 is 2.03 bits per heavy atom. The number of sulfonamides is 1. The molecule has 1 aromatic carbocycles. The third-order valence-electron chi connectivity index (χ3n) is 4.60. The van der Waals surface area contributed by atoms with Crippen molar-refractivity contribution in [3.8, 4) is 21.9 Å². The highest BCUT2D eigenvalue weighted by Crippen LogP contribution is 2.42. The predicted octanol–water partition coefficient (Wildman–Crippen LogP) is 2.55. The van der Waals surface area contributed by atoms with Crippen LogP contribution in [0.3, 0.4) is 0 Å². The van der Waals surface area contributed by atoms with Gasteiger partial charge < -0.3 is 10.2 Å².